The average molecular weight is 666 g/mol. The summed E-state index contributed by atoms with van der Waals surface area (Å²) in [5.74, 6) is -1.22. The van der Waals surface area contributed by atoms with Crippen LogP contribution in [-0.4, -0.2) is 61.1 Å². The minimum atomic E-state index is -0.867. The van der Waals surface area contributed by atoms with E-state index in [1.54, 1.807) is 7.11 Å². The Labute approximate surface area is 236 Å². The van der Waals surface area contributed by atoms with Gasteiger partial charge >= 0.3 is 0 Å². The van der Waals surface area contributed by atoms with Gasteiger partial charge < -0.3 is 45.9 Å². The van der Waals surface area contributed by atoms with Crippen LogP contribution in [0.1, 0.15) is 18.5 Å². The third-order valence-corrected chi connectivity index (χ3v) is 7.61. The van der Waals surface area contributed by atoms with Crippen LogP contribution in [0.2, 0.25) is 0 Å². The van der Waals surface area contributed by atoms with Crippen molar-refractivity contribution in [3.8, 4) is 28.5 Å². The van der Waals surface area contributed by atoms with Gasteiger partial charge in [0.1, 0.15) is 23.0 Å². The number of ether oxygens (including phenoxy) is 1. The molecule has 15 heteroatoms. The van der Waals surface area contributed by atoms with Crippen molar-refractivity contribution in [2.75, 3.05) is 19.4 Å². The monoisotopic (exact) mass is 664 g/mol. The number of aromatic amines is 2. The van der Waals surface area contributed by atoms with Crippen LogP contribution in [0.25, 0.3) is 22.2 Å². The highest BCUT2D eigenvalue weighted by Gasteiger charge is 2.43. The lowest BCUT2D eigenvalue weighted by atomic mass is 9.89. The third-order valence-electron chi connectivity index (χ3n) is 6.38. The van der Waals surface area contributed by atoms with Crippen molar-refractivity contribution in [2.45, 2.75) is 24.9 Å². The van der Waals surface area contributed by atoms with E-state index in [0.717, 1.165) is 10.7 Å². The molecule has 39 heavy (non-hydrogen) atoms. The molecule has 1 atom stereocenters. The minimum Gasteiger partial charge on any atom is -0.506 e. The normalized spacial score (nSPS) is 18.7. The quantitative estimate of drug-likeness (QED) is 0.193. The molecule has 1 aliphatic carbocycles. The lowest BCUT2D eigenvalue weighted by Crippen LogP contribution is -2.36. The number of pyridine rings is 1. The molecule has 8 N–H and O–H groups in total. The number of phenols is 2. The number of nitrogens with two attached hydrogens (primary N) is 1. The molecule has 0 radical (unpaired) electrons. The van der Waals surface area contributed by atoms with E-state index in [9.17, 15) is 24.9 Å². The van der Waals surface area contributed by atoms with Crippen LogP contribution in [0.3, 0.4) is 0 Å². The van der Waals surface area contributed by atoms with Gasteiger partial charge in [-0.3, -0.25) is 9.59 Å². The van der Waals surface area contributed by atoms with Gasteiger partial charge in [-0.15, -0.1) is 0 Å². The largest absolute Gasteiger partial charge is 0.506 e. The number of oxime groups is 1. The molecule has 0 bridgehead atoms. The van der Waals surface area contributed by atoms with Crippen LogP contribution < -0.4 is 16.5 Å². The summed E-state index contributed by atoms with van der Waals surface area (Å²) in [5, 5.41) is 37.6. The number of phenolic OH excluding ortho intramolecular Hbond substituents is 2. The molecule has 2 aromatic heterocycles. The molecule has 0 saturated carbocycles. The number of methoxy groups -OCH3 is 1. The van der Waals surface area contributed by atoms with Crippen LogP contribution in [0.4, 0.5) is 5.95 Å². The summed E-state index contributed by atoms with van der Waals surface area (Å²) in [4.78, 5) is 40.6. The summed E-state index contributed by atoms with van der Waals surface area (Å²) in [6.45, 7) is 0.137. The number of aromatic nitrogens is 3. The standard InChI is InChI=1S/C24H22Br2N6O7/c1-38-21-10(25)5-24(6-11(21)26)7-13(32-39-24)22(37)28-3-2-12-17(31-23(27)30-12)9-4-14(33)18-16(19(9)35)20(36)15(34)8-29-18/h4-5,8,33-35H,2-3,6-7H2,1H3,(H,28,37)(H,29,36)(H3,27,30,31)/t24-/m1/s1. The Kier molecular flexibility index (Phi) is 6.80. The number of rotatable bonds is 6. The van der Waals surface area contributed by atoms with Gasteiger partial charge in [-0.2, -0.15) is 0 Å². The Morgan fingerprint density at radius 3 is 2.77 bits per heavy atom. The molecule has 5 rings (SSSR count). The number of anilines is 1. The van der Waals surface area contributed by atoms with E-state index in [4.69, 9.17) is 15.3 Å². The zero-order valence-electron chi connectivity index (χ0n) is 20.3. The first-order valence-electron chi connectivity index (χ1n) is 11.5. The Morgan fingerprint density at radius 1 is 1.28 bits per heavy atom. The van der Waals surface area contributed by atoms with Crippen LogP contribution in [-0.2, 0) is 20.8 Å². The van der Waals surface area contributed by atoms with Crippen LogP contribution in [0, 0.1) is 0 Å². The van der Waals surface area contributed by atoms with Gasteiger partial charge in [-0.05, 0) is 28.1 Å². The lowest BCUT2D eigenvalue weighted by molar-refractivity contribution is -0.114. The van der Waals surface area contributed by atoms with E-state index in [-0.39, 0.29) is 59.0 Å². The average Bonchev–Trinajstić information content (AvgIpc) is 3.45. The van der Waals surface area contributed by atoms with Gasteiger partial charge in [0, 0.05) is 47.7 Å². The van der Waals surface area contributed by atoms with Crippen molar-refractivity contribution in [3.05, 3.63) is 49.0 Å². The number of benzene rings is 1. The maximum atomic E-state index is 12.8. The van der Waals surface area contributed by atoms with E-state index >= 15 is 0 Å². The number of fused-ring (bicyclic) bond motifs is 1. The summed E-state index contributed by atoms with van der Waals surface area (Å²) >= 11 is 6.95. The second-order valence-corrected chi connectivity index (χ2v) is 10.8. The summed E-state index contributed by atoms with van der Waals surface area (Å²) in [6.07, 6.45) is 3.72. The van der Waals surface area contributed by atoms with Crippen molar-refractivity contribution >= 4 is 60.3 Å². The highest BCUT2D eigenvalue weighted by molar-refractivity contribution is 9.12. The fourth-order valence-electron chi connectivity index (χ4n) is 4.59. The first-order valence-corrected chi connectivity index (χ1v) is 13.1. The number of carbonyl (C=O) groups is 1. The molecule has 204 valence electrons. The number of aromatic hydroxyl groups is 3. The Bertz CT molecular complexity index is 1680. The number of nitrogens with one attached hydrogen (secondary N) is 3. The molecule has 1 aliphatic heterocycles. The molecule has 0 fully saturated rings. The fourth-order valence-corrected chi connectivity index (χ4v) is 6.53. The highest BCUT2D eigenvalue weighted by atomic mass is 79.9. The van der Waals surface area contributed by atoms with Gasteiger partial charge in [0.05, 0.1) is 28.2 Å². The molecule has 1 aromatic carbocycles. The molecular formula is C24H22Br2N6O7. The molecule has 3 aromatic rings. The van der Waals surface area contributed by atoms with Crippen LogP contribution in [0.15, 0.2) is 43.0 Å². The molecule has 13 nitrogen and oxygen atoms in total. The zero-order valence-corrected chi connectivity index (χ0v) is 23.4. The predicted octanol–water partition coefficient (Wildman–Crippen LogP) is 2.73. The lowest BCUT2D eigenvalue weighted by Gasteiger charge is -2.28. The molecular weight excluding hydrogens is 644 g/mol. The summed E-state index contributed by atoms with van der Waals surface area (Å²) in [5.41, 5.74) is 4.96. The van der Waals surface area contributed by atoms with E-state index in [2.05, 4.69) is 57.3 Å². The first-order chi connectivity index (χ1) is 18.5. The molecule has 0 saturated heterocycles. The number of hydrogen-bond donors (Lipinski definition) is 7. The van der Waals surface area contributed by atoms with Crippen LogP contribution in [0.5, 0.6) is 17.2 Å². The number of nitrogens with zero attached hydrogens (tertiary/aromatic N) is 2. The number of allylic oxidation sites excluding steroid dienone is 1. The summed E-state index contributed by atoms with van der Waals surface area (Å²) in [7, 11) is 1.56. The fraction of sp³-hybridized carbons (Fsp3) is 0.250. The zero-order chi connectivity index (χ0) is 28.1. The van der Waals surface area contributed by atoms with Gasteiger partial charge in [0.15, 0.2) is 17.3 Å². The molecule has 3 heterocycles. The number of amides is 1. The number of carbonyl (C=O) groups excluding carboxylic acids is 1. The Morgan fingerprint density at radius 2 is 2.05 bits per heavy atom. The number of nitrogen functional groups attached to an aromatic ring is 1. The molecule has 0 unspecified atom stereocenters. The number of imidazole rings is 1. The van der Waals surface area contributed by atoms with Crippen molar-refractivity contribution < 1.29 is 29.7 Å². The van der Waals surface area contributed by atoms with Crippen LogP contribution >= 0.6 is 31.9 Å². The number of H-pyrrole nitrogens is 2. The van der Waals surface area contributed by atoms with Gasteiger partial charge in [0.25, 0.3) is 5.91 Å². The summed E-state index contributed by atoms with van der Waals surface area (Å²) < 4.78 is 6.81. The summed E-state index contributed by atoms with van der Waals surface area (Å²) in [6, 6.07) is 1.23. The Hall–Kier alpha value is -3.98. The van der Waals surface area contributed by atoms with Crippen molar-refractivity contribution in [2.24, 2.45) is 5.16 Å². The maximum absolute atomic E-state index is 12.8. The Balaban J connectivity index is 1.31. The van der Waals surface area contributed by atoms with Gasteiger partial charge in [-0.1, -0.05) is 21.1 Å². The third kappa shape index (κ3) is 4.71. The SMILES string of the molecule is COC1=C(Br)C[C@]2(C=C1Br)CC(C(=O)NCCc1[nH]c(N)nc1-c1cc(O)c3[nH]cc(O)c(=O)c3c1O)=NO2. The second kappa shape index (κ2) is 9.96. The molecule has 1 amide bonds. The number of hydrogen-bond acceptors (Lipinski definition) is 10. The van der Waals surface area contributed by atoms with Gasteiger partial charge in [-0.25, -0.2) is 4.98 Å². The molecule has 2 aliphatic rings. The van der Waals surface area contributed by atoms with Crippen molar-refractivity contribution in [1.82, 2.24) is 20.3 Å². The van der Waals surface area contributed by atoms with E-state index in [0.29, 0.717) is 22.4 Å². The smallest absolute Gasteiger partial charge is 0.269 e. The number of halogens is 2. The molecule has 1 spiro atoms. The van der Waals surface area contributed by atoms with Crippen molar-refractivity contribution in [1.29, 1.82) is 0 Å². The predicted molar refractivity (Wildman–Crippen MR) is 149 cm³/mol. The van der Waals surface area contributed by atoms with E-state index < -0.39 is 28.4 Å². The van der Waals surface area contributed by atoms with Crippen molar-refractivity contribution in [3.63, 3.8) is 0 Å². The topological polar surface area (TPSA) is 208 Å². The van der Waals surface area contributed by atoms with E-state index in [1.165, 1.54) is 6.07 Å². The highest BCUT2D eigenvalue weighted by Crippen LogP contribution is 2.44. The minimum absolute atomic E-state index is 0.0182. The first kappa shape index (κ1) is 26.6. The second-order valence-electron chi connectivity index (χ2n) is 8.98. The van der Waals surface area contributed by atoms with Gasteiger partial charge in [0.2, 0.25) is 5.43 Å². The van der Waals surface area contributed by atoms with E-state index in [1.807, 2.05) is 6.08 Å². The maximum Gasteiger partial charge on any atom is 0.269 e.